The second-order valence-corrected chi connectivity index (χ2v) is 5.93. The highest BCUT2D eigenvalue weighted by Gasteiger charge is 2.11. The molecule has 0 radical (unpaired) electrons. The van der Waals surface area contributed by atoms with Gasteiger partial charge in [0.1, 0.15) is 6.61 Å². The molecule has 0 aliphatic heterocycles. The van der Waals surface area contributed by atoms with E-state index in [0.717, 1.165) is 0 Å². The van der Waals surface area contributed by atoms with Crippen LogP contribution in [0.1, 0.15) is 5.56 Å². The number of oxime groups is 1. The molecule has 0 saturated heterocycles. The van der Waals surface area contributed by atoms with Crippen LogP contribution in [0.2, 0.25) is 10.0 Å². The Bertz CT molecular complexity index is 861. The monoisotopic (exact) mass is 406 g/mol. The number of hydrogen-bond acceptors (Lipinski definition) is 5. The average Bonchev–Trinajstić information content (AvgIpc) is 2.66. The Labute approximate surface area is 167 Å². The number of anilines is 1. The quantitative estimate of drug-likeness (QED) is 0.408. The van der Waals surface area contributed by atoms with Crippen LogP contribution in [0.15, 0.2) is 41.6 Å². The minimum atomic E-state index is -0.358. The summed E-state index contributed by atoms with van der Waals surface area (Å²) < 4.78 is 10.6. The first kappa shape index (κ1) is 20.4. The second kappa shape index (κ2) is 10.3. The van der Waals surface area contributed by atoms with Gasteiger partial charge in [-0.15, -0.1) is 6.42 Å². The van der Waals surface area contributed by atoms with Gasteiger partial charge in [0, 0.05) is 16.3 Å². The molecule has 2 aromatic carbocycles. The van der Waals surface area contributed by atoms with Crippen molar-refractivity contribution in [2.24, 2.45) is 5.16 Å². The van der Waals surface area contributed by atoms with Crippen molar-refractivity contribution in [3.8, 4) is 23.8 Å². The van der Waals surface area contributed by atoms with Gasteiger partial charge in [-0.3, -0.25) is 4.79 Å². The van der Waals surface area contributed by atoms with Crippen molar-refractivity contribution in [1.82, 2.24) is 0 Å². The van der Waals surface area contributed by atoms with Gasteiger partial charge in [0.15, 0.2) is 18.1 Å². The molecule has 0 aromatic heterocycles. The van der Waals surface area contributed by atoms with Gasteiger partial charge in [-0.25, -0.2) is 0 Å². The Morgan fingerprint density at radius 2 is 2.04 bits per heavy atom. The molecule has 0 saturated carbocycles. The first-order chi connectivity index (χ1) is 13.0. The third-order valence-corrected chi connectivity index (χ3v) is 3.68. The van der Waals surface area contributed by atoms with Crippen LogP contribution in [0.4, 0.5) is 5.69 Å². The second-order valence-electron chi connectivity index (χ2n) is 5.09. The Kier molecular flexibility index (Phi) is 7.80. The lowest BCUT2D eigenvalue weighted by Crippen LogP contribution is -2.16. The highest BCUT2D eigenvalue weighted by molar-refractivity contribution is 6.32. The largest absolute Gasteiger partial charge is 0.493 e. The molecule has 0 unspecified atom stereocenters. The van der Waals surface area contributed by atoms with E-state index >= 15 is 0 Å². The van der Waals surface area contributed by atoms with E-state index in [-0.39, 0.29) is 19.1 Å². The van der Waals surface area contributed by atoms with E-state index in [0.29, 0.717) is 32.8 Å². The number of terminal acetylenes is 1. The molecule has 140 valence electrons. The maximum atomic E-state index is 11.8. The summed E-state index contributed by atoms with van der Waals surface area (Å²) in [6, 6.07) is 9.96. The summed E-state index contributed by atoms with van der Waals surface area (Å²) in [6.45, 7) is -0.192. The van der Waals surface area contributed by atoms with Crippen molar-refractivity contribution < 1.29 is 19.1 Å². The van der Waals surface area contributed by atoms with Crippen molar-refractivity contribution in [2.75, 3.05) is 25.6 Å². The summed E-state index contributed by atoms with van der Waals surface area (Å²) in [7, 11) is 1.48. The number of carbonyl (C=O) groups excluding carboxylic acids is 1. The van der Waals surface area contributed by atoms with Gasteiger partial charge in [-0.05, 0) is 36.4 Å². The van der Waals surface area contributed by atoms with E-state index in [1.54, 1.807) is 36.4 Å². The van der Waals surface area contributed by atoms with Crippen LogP contribution in [0.25, 0.3) is 0 Å². The summed E-state index contributed by atoms with van der Waals surface area (Å²) in [6.07, 6.45) is 6.57. The van der Waals surface area contributed by atoms with E-state index < -0.39 is 0 Å². The fraction of sp³-hybridized carbons (Fsp3) is 0.158. The molecule has 27 heavy (non-hydrogen) atoms. The molecule has 6 nitrogen and oxygen atoms in total. The summed E-state index contributed by atoms with van der Waals surface area (Å²) in [5.41, 5.74) is 1.21. The number of amides is 1. The molecule has 1 amide bonds. The molecule has 8 heteroatoms. The molecule has 0 bridgehead atoms. The maximum absolute atomic E-state index is 11.8. The van der Waals surface area contributed by atoms with E-state index in [9.17, 15) is 4.79 Å². The van der Waals surface area contributed by atoms with Crippen molar-refractivity contribution in [1.29, 1.82) is 0 Å². The van der Waals surface area contributed by atoms with Crippen molar-refractivity contribution >= 4 is 41.0 Å². The highest BCUT2D eigenvalue weighted by atomic mass is 35.5. The molecule has 0 heterocycles. The van der Waals surface area contributed by atoms with Crippen LogP contribution in [0.3, 0.4) is 0 Å². The van der Waals surface area contributed by atoms with Crippen LogP contribution >= 0.6 is 23.2 Å². The fourth-order valence-electron chi connectivity index (χ4n) is 1.99. The average molecular weight is 407 g/mol. The lowest BCUT2D eigenvalue weighted by molar-refractivity contribution is -0.120. The summed E-state index contributed by atoms with van der Waals surface area (Å²) >= 11 is 11.9. The van der Waals surface area contributed by atoms with Gasteiger partial charge in [0.05, 0.1) is 18.3 Å². The Hall–Kier alpha value is -2.88. The summed E-state index contributed by atoms with van der Waals surface area (Å²) in [5, 5.41) is 7.30. The van der Waals surface area contributed by atoms with Crippen LogP contribution in [0, 0.1) is 12.3 Å². The Balaban J connectivity index is 1.91. The Morgan fingerprint density at radius 1 is 1.30 bits per heavy atom. The highest BCUT2D eigenvalue weighted by Crippen LogP contribution is 2.35. The lowest BCUT2D eigenvalue weighted by Gasteiger charge is -2.11. The normalized spacial score (nSPS) is 10.3. The third-order valence-electron chi connectivity index (χ3n) is 3.15. The standard InChI is InChI=1S/C19H16Cl2N2O4/c1-3-8-26-19-16(21)9-13(10-17(19)25-2)11-22-27-12-18(24)23-15-6-4-14(20)5-7-15/h1,4-7,9-11H,8,12H2,2H3,(H,23,24). The zero-order valence-corrected chi connectivity index (χ0v) is 15.9. The molecule has 0 aliphatic carbocycles. The minimum Gasteiger partial charge on any atom is -0.493 e. The van der Waals surface area contributed by atoms with Crippen LogP contribution in [-0.2, 0) is 9.63 Å². The molecular formula is C19H16Cl2N2O4. The molecule has 1 N–H and O–H groups in total. The Morgan fingerprint density at radius 3 is 2.70 bits per heavy atom. The fourth-order valence-corrected chi connectivity index (χ4v) is 2.39. The lowest BCUT2D eigenvalue weighted by atomic mass is 10.2. The molecule has 2 rings (SSSR count). The van der Waals surface area contributed by atoms with Crippen LogP contribution in [-0.4, -0.2) is 32.4 Å². The summed E-state index contributed by atoms with van der Waals surface area (Å²) in [5.74, 6) is 2.74. The van der Waals surface area contributed by atoms with Crippen molar-refractivity contribution in [2.45, 2.75) is 0 Å². The molecule has 0 atom stereocenters. The number of carbonyl (C=O) groups is 1. The smallest absolute Gasteiger partial charge is 0.265 e. The van der Waals surface area contributed by atoms with E-state index in [4.69, 9.17) is 43.9 Å². The molecule has 2 aromatic rings. The number of methoxy groups -OCH3 is 1. The van der Waals surface area contributed by atoms with Gasteiger partial charge < -0.3 is 19.6 Å². The predicted octanol–water partition coefficient (Wildman–Crippen LogP) is 4.00. The van der Waals surface area contributed by atoms with Crippen LogP contribution < -0.4 is 14.8 Å². The number of nitrogens with zero attached hydrogens (tertiary/aromatic N) is 1. The van der Waals surface area contributed by atoms with Gasteiger partial charge in [-0.1, -0.05) is 34.3 Å². The van der Waals surface area contributed by atoms with Crippen molar-refractivity contribution in [3.63, 3.8) is 0 Å². The van der Waals surface area contributed by atoms with Gasteiger partial charge >= 0.3 is 0 Å². The molecular weight excluding hydrogens is 391 g/mol. The first-order valence-electron chi connectivity index (χ1n) is 7.68. The number of benzene rings is 2. The number of ether oxygens (including phenoxy) is 2. The summed E-state index contributed by atoms with van der Waals surface area (Å²) in [4.78, 5) is 16.8. The number of rotatable bonds is 8. The zero-order valence-electron chi connectivity index (χ0n) is 14.4. The number of hydrogen-bond donors (Lipinski definition) is 1. The minimum absolute atomic E-state index is 0.0648. The van der Waals surface area contributed by atoms with Gasteiger partial charge in [0.2, 0.25) is 0 Å². The van der Waals surface area contributed by atoms with Gasteiger partial charge in [-0.2, -0.15) is 0 Å². The SMILES string of the molecule is C#CCOc1c(Cl)cc(C=NOCC(=O)Nc2ccc(Cl)cc2)cc1OC. The van der Waals surface area contributed by atoms with Gasteiger partial charge in [0.25, 0.3) is 5.91 Å². The van der Waals surface area contributed by atoms with Crippen molar-refractivity contribution in [3.05, 3.63) is 52.0 Å². The van der Waals surface area contributed by atoms with Crippen LogP contribution in [0.5, 0.6) is 11.5 Å². The number of nitrogens with one attached hydrogen (secondary N) is 1. The maximum Gasteiger partial charge on any atom is 0.265 e. The molecule has 0 spiro atoms. The topological polar surface area (TPSA) is 69.2 Å². The van der Waals surface area contributed by atoms with E-state index in [1.807, 2.05) is 0 Å². The van der Waals surface area contributed by atoms with E-state index in [2.05, 4.69) is 16.4 Å². The zero-order chi connectivity index (χ0) is 19.6. The molecule has 0 aliphatic rings. The van der Waals surface area contributed by atoms with E-state index in [1.165, 1.54) is 13.3 Å². The number of halogens is 2. The first-order valence-corrected chi connectivity index (χ1v) is 8.43. The predicted molar refractivity (Wildman–Crippen MR) is 106 cm³/mol. The third kappa shape index (κ3) is 6.41. The molecule has 0 fully saturated rings.